The smallest absolute Gasteiger partial charge is 0.123 e. The van der Waals surface area contributed by atoms with Gasteiger partial charge in [0.25, 0.3) is 0 Å². The summed E-state index contributed by atoms with van der Waals surface area (Å²) in [5.41, 5.74) is 5.45. The zero-order valence-electron chi connectivity index (χ0n) is 13.4. The van der Waals surface area contributed by atoms with Gasteiger partial charge in [0.2, 0.25) is 0 Å². The van der Waals surface area contributed by atoms with Gasteiger partial charge < -0.3 is 10.4 Å². The number of hydrogen-bond acceptors (Lipinski definition) is 2. The predicted octanol–water partition coefficient (Wildman–Crippen LogP) is 4.82. The maximum Gasteiger partial charge on any atom is 0.123 e. The topological polar surface area (TPSA) is 32.3 Å². The van der Waals surface area contributed by atoms with E-state index in [1.165, 1.54) is 11.1 Å². The standard InChI is InChI=1S/C19H25NO/c1-13(2)11-16-6-8-17(9-7-16)12-20-18-10-5-14(3)19(21)15(18)4/h5-10,13,20-21H,11-12H2,1-4H3. The molecule has 2 aromatic carbocycles. The van der Waals surface area contributed by atoms with Crippen molar-refractivity contribution in [3.05, 3.63) is 58.7 Å². The van der Waals surface area contributed by atoms with Crippen LogP contribution < -0.4 is 5.32 Å². The molecular weight excluding hydrogens is 258 g/mol. The molecule has 0 fully saturated rings. The van der Waals surface area contributed by atoms with Crippen molar-refractivity contribution in [2.45, 2.75) is 40.7 Å². The van der Waals surface area contributed by atoms with Gasteiger partial charge in [0.1, 0.15) is 5.75 Å². The van der Waals surface area contributed by atoms with Crippen LogP contribution in [0.25, 0.3) is 0 Å². The highest BCUT2D eigenvalue weighted by molar-refractivity contribution is 5.59. The zero-order valence-corrected chi connectivity index (χ0v) is 13.4. The number of hydrogen-bond donors (Lipinski definition) is 2. The minimum atomic E-state index is 0.382. The average molecular weight is 283 g/mol. The fourth-order valence-electron chi connectivity index (χ4n) is 2.49. The number of benzene rings is 2. The Balaban J connectivity index is 2.02. The van der Waals surface area contributed by atoms with E-state index in [-0.39, 0.29) is 0 Å². The summed E-state index contributed by atoms with van der Waals surface area (Å²) in [5, 5.41) is 13.4. The van der Waals surface area contributed by atoms with E-state index in [0.29, 0.717) is 11.7 Å². The first-order valence-electron chi connectivity index (χ1n) is 7.58. The molecule has 0 aliphatic carbocycles. The second-order valence-electron chi connectivity index (χ2n) is 6.17. The van der Waals surface area contributed by atoms with E-state index in [1.807, 2.05) is 26.0 Å². The van der Waals surface area contributed by atoms with Crippen LogP contribution in [0.15, 0.2) is 36.4 Å². The molecule has 0 amide bonds. The Hall–Kier alpha value is -1.96. The van der Waals surface area contributed by atoms with Crippen LogP contribution in [0, 0.1) is 19.8 Å². The predicted molar refractivity (Wildman–Crippen MR) is 89.9 cm³/mol. The van der Waals surface area contributed by atoms with Crippen molar-refractivity contribution < 1.29 is 5.11 Å². The summed E-state index contributed by atoms with van der Waals surface area (Å²) in [6, 6.07) is 12.7. The summed E-state index contributed by atoms with van der Waals surface area (Å²) < 4.78 is 0. The van der Waals surface area contributed by atoms with Gasteiger partial charge in [-0.2, -0.15) is 0 Å². The second-order valence-corrected chi connectivity index (χ2v) is 6.17. The molecular formula is C19H25NO. The fraction of sp³-hybridized carbons (Fsp3) is 0.368. The molecule has 0 saturated carbocycles. The SMILES string of the molecule is Cc1ccc(NCc2ccc(CC(C)C)cc2)c(C)c1O. The van der Waals surface area contributed by atoms with Crippen molar-refractivity contribution in [3.8, 4) is 5.75 Å². The molecule has 0 heterocycles. The van der Waals surface area contributed by atoms with E-state index in [9.17, 15) is 5.11 Å². The van der Waals surface area contributed by atoms with E-state index < -0.39 is 0 Å². The number of phenolic OH excluding ortho intramolecular Hbond substituents is 1. The van der Waals surface area contributed by atoms with Crippen molar-refractivity contribution in [1.29, 1.82) is 0 Å². The number of rotatable bonds is 5. The average Bonchev–Trinajstić information content (AvgIpc) is 2.45. The van der Waals surface area contributed by atoms with Gasteiger partial charge in [-0.05, 0) is 48.9 Å². The molecule has 112 valence electrons. The van der Waals surface area contributed by atoms with Gasteiger partial charge in [0, 0.05) is 17.8 Å². The van der Waals surface area contributed by atoms with Crippen LogP contribution in [0.3, 0.4) is 0 Å². The number of nitrogens with one attached hydrogen (secondary N) is 1. The monoisotopic (exact) mass is 283 g/mol. The molecule has 0 aliphatic heterocycles. The van der Waals surface area contributed by atoms with Crippen molar-refractivity contribution in [2.75, 3.05) is 5.32 Å². The minimum absolute atomic E-state index is 0.382. The normalized spacial score (nSPS) is 10.9. The molecule has 0 unspecified atom stereocenters. The third-order valence-electron chi connectivity index (χ3n) is 3.78. The third-order valence-corrected chi connectivity index (χ3v) is 3.78. The summed E-state index contributed by atoms with van der Waals surface area (Å²) in [4.78, 5) is 0. The van der Waals surface area contributed by atoms with Crippen LogP contribution in [0.1, 0.15) is 36.1 Å². The van der Waals surface area contributed by atoms with Gasteiger partial charge in [0.05, 0.1) is 0 Å². The van der Waals surface area contributed by atoms with E-state index in [2.05, 4.69) is 43.4 Å². The highest BCUT2D eigenvalue weighted by Gasteiger charge is 2.05. The molecule has 2 heteroatoms. The number of aromatic hydroxyl groups is 1. The number of phenols is 1. The molecule has 0 aromatic heterocycles. The summed E-state index contributed by atoms with van der Waals surface area (Å²) in [5.74, 6) is 1.07. The maximum absolute atomic E-state index is 9.96. The van der Waals surface area contributed by atoms with Crippen LogP contribution in [0.2, 0.25) is 0 Å². The van der Waals surface area contributed by atoms with Crippen LogP contribution in [-0.4, -0.2) is 5.11 Å². The minimum Gasteiger partial charge on any atom is -0.507 e. The molecule has 0 bridgehead atoms. The third kappa shape index (κ3) is 4.01. The lowest BCUT2D eigenvalue weighted by Crippen LogP contribution is -2.02. The van der Waals surface area contributed by atoms with Gasteiger partial charge in [-0.1, -0.05) is 44.2 Å². The molecule has 21 heavy (non-hydrogen) atoms. The lowest BCUT2D eigenvalue weighted by molar-refractivity contribution is 0.467. The first-order chi connectivity index (χ1) is 9.97. The Labute approximate surface area is 127 Å². The maximum atomic E-state index is 9.96. The van der Waals surface area contributed by atoms with Crippen molar-refractivity contribution in [3.63, 3.8) is 0 Å². The van der Waals surface area contributed by atoms with E-state index >= 15 is 0 Å². The highest BCUT2D eigenvalue weighted by Crippen LogP contribution is 2.28. The first-order valence-corrected chi connectivity index (χ1v) is 7.58. The van der Waals surface area contributed by atoms with Crippen LogP contribution in [0.5, 0.6) is 5.75 Å². The highest BCUT2D eigenvalue weighted by atomic mass is 16.3. The quantitative estimate of drug-likeness (QED) is 0.824. The largest absolute Gasteiger partial charge is 0.507 e. The van der Waals surface area contributed by atoms with Gasteiger partial charge >= 0.3 is 0 Å². The van der Waals surface area contributed by atoms with E-state index in [0.717, 1.165) is 29.8 Å². The summed E-state index contributed by atoms with van der Waals surface area (Å²) in [7, 11) is 0. The molecule has 2 aromatic rings. The zero-order chi connectivity index (χ0) is 15.4. The molecule has 0 atom stereocenters. The van der Waals surface area contributed by atoms with Crippen molar-refractivity contribution >= 4 is 5.69 Å². The van der Waals surface area contributed by atoms with Gasteiger partial charge in [0.15, 0.2) is 0 Å². The van der Waals surface area contributed by atoms with Crippen molar-refractivity contribution in [1.82, 2.24) is 0 Å². The van der Waals surface area contributed by atoms with Crippen molar-refractivity contribution in [2.24, 2.45) is 5.92 Å². The Morgan fingerprint density at radius 2 is 1.57 bits per heavy atom. The Morgan fingerprint density at radius 3 is 2.19 bits per heavy atom. The molecule has 2 N–H and O–H groups in total. The lowest BCUT2D eigenvalue weighted by Gasteiger charge is -2.13. The van der Waals surface area contributed by atoms with Crippen LogP contribution in [-0.2, 0) is 13.0 Å². The molecule has 0 radical (unpaired) electrons. The molecule has 0 saturated heterocycles. The summed E-state index contributed by atoms with van der Waals surface area (Å²) >= 11 is 0. The first kappa shape index (κ1) is 15.4. The molecule has 0 spiro atoms. The lowest BCUT2D eigenvalue weighted by atomic mass is 10.0. The molecule has 2 rings (SSSR count). The summed E-state index contributed by atoms with van der Waals surface area (Å²) in [6.07, 6.45) is 1.12. The van der Waals surface area contributed by atoms with Gasteiger partial charge in [-0.25, -0.2) is 0 Å². The van der Waals surface area contributed by atoms with Crippen LogP contribution >= 0.6 is 0 Å². The summed E-state index contributed by atoms with van der Waals surface area (Å²) in [6.45, 7) is 9.10. The van der Waals surface area contributed by atoms with E-state index in [4.69, 9.17) is 0 Å². The van der Waals surface area contributed by atoms with Gasteiger partial charge in [-0.15, -0.1) is 0 Å². The Bertz CT molecular complexity index is 600. The second kappa shape index (κ2) is 6.66. The number of anilines is 1. The van der Waals surface area contributed by atoms with E-state index in [1.54, 1.807) is 0 Å². The Kier molecular flexibility index (Phi) is 4.89. The molecule has 0 aliphatic rings. The van der Waals surface area contributed by atoms with Crippen LogP contribution in [0.4, 0.5) is 5.69 Å². The fourth-order valence-corrected chi connectivity index (χ4v) is 2.49. The van der Waals surface area contributed by atoms with Gasteiger partial charge in [-0.3, -0.25) is 0 Å². The number of aryl methyl sites for hydroxylation is 1. The Morgan fingerprint density at radius 1 is 0.952 bits per heavy atom. The molecule has 2 nitrogen and oxygen atoms in total.